The first-order valence-corrected chi connectivity index (χ1v) is 7.20. The summed E-state index contributed by atoms with van der Waals surface area (Å²) in [6.45, 7) is 5.94. The summed E-state index contributed by atoms with van der Waals surface area (Å²) in [4.78, 5) is 0. The largest absolute Gasteiger partial charge is 0.381 e. The standard InChI is InChI=1S/C14H22N4O/c1-3-12(4-2)18-14(11-6-9-19-10-7-11)13(5-8-15)16-17-18/h11-12H,3-7,9-10H2,1-2H3. The van der Waals surface area contributed by atoms with Crippen molar-refractivity contribution in [3.63, 3.8) is 0 Å². The Morgan fingerprint density at radius 1 is 1.37 bits per heavy atom. The van der Waals surface area contributed by atoms with Gasteiger partial charge in [-0.25, -0.2) is 4.68 Å². The molecule has 5 nitrogen and oxygen atoms in total. The topological polar surface area (TPSA) is 63.7 Å². The van der Waals surface area contributed by atoms with Crippen LogP contribution in [-0.2, 0) is 11.2 Å². The summed E-state index contributed by atoms with van der Waals surface area (Å²) in [6.07, 6.45) is 4.45. The second-order valence-electron chi connectivity index (χ2n) is 5.06. The Bertz CT molecular complexity index is 439. The Hall–Kier alpha value is -1.41. The zero-order chi connectivity index (χ0) is 13.7. The van der Waals surface area contributed by atoms with Crippen molar-refractivity contribution < 1.29 is 4.74 Å². The fourth-order valence-electron chi connectivity index (χ4n) is 2.83. The molecule has 0 N–H and O–H groups in total. The second-order valence-corrected chi connectivity index (χ2v) is 5.06. The lowest BCUT2D eigenvalue weighted by atomic mass is 9.93. The van der Waals surface area contributed by atoms with Gasteiger partial charge in [0.2, 0.25) is 0 Å². The summed E-state index contributed by atoms with van der Waals surface area (Å²) in [5, 5.41) is 17.5. The minimum atomic E-state index is 0.354. The molecule has 104 valence electrons. The van der Waals surface area contributed by atoms with E-state index in [0.29, 0.717) is 18.4 Å². The summed E-state index contributed by atoms with van der Waals surface area (Å²) in [7, 11) is 0. The van der Waals surface area contributed by atoms with Crippen molar-refractivity contribution in [2.24, 2.45) is 0 Å². The average Bonchev–Trinajstić information content (AvgIpc) is 2.85. The average molecular weight is 262 g/mol. The highest BCUT2D eigenvalue weighted by Crippen LogP contribution is 2.31. The van der Waals surface area contributed by atoms with Gasteiger partial charge in [0, 0.05) is 19.1 Å². The van der Waals surface area contributed by atoms with Gasteiger partial charge >= 0.3 is 0 Å². The Balaban J connectivity index is 2.34. The number of rotatable bonds is 5. The molecule has 19 heavy (non-hydrogen) atoms. The third kappa shape index (κ3) is 2.95. The van der Waals surface area contributed by atoms with E-state index in [2.05, 4.69) is 34.9 Å². The first-order valence-electron chi connectivity index (χ1n) is 7.20. The van der Waals surface area contributed by atoms with Gasteiger partial charge in [0.1, 0.15) is 5.69 Å². The molecule has 0 atom stereocenters. The smallest absolute Gasteiger partial charge is 0.100 e. The van der Waals surface area contributed by atoms with E-state index < -0.39 is 0 Å². The third-order valence-electron chi connectivity index (χ3n) is 3.95. The van der Waals surface area contributed by atoms with Gasteiger partial charge < -0.3 is 4.74 Å². The van der Waals surface area contributed by atoms with Crippen molar-refractivity contribution in [2.75, 3.05) is 13.2 Å². The molecule has 2 rings (SSSR count). The van der Waals surface area contributed by atoms with Gasteiger partial charge in [-0.2, -0.15) is 5.26 Å². The molecule has 0 unspecified atom stereocenters. The van der Waals surface area contributed by atoms with Crippen LogP contribution in [0.15, 0.2) is 0 Å². The minimum absolute atomic E-state index is 0.354. The van der Waals surface area contributed by atoms with E-state index in [9.17, 15) is 0 Å². The molecule has 1 aliphatic rings. The summed E-state index contributed by atoms with van der Waals surface area (Å²) < 4.78 is 7.51. The normalized spacial score (nSPS) is 16.7. The number of ether oxygens (including phenoxy) is 1. The van der Waals surface area contributed by atoms with Crippen LogP contribution < -0.4 is 0 Å². The zero-order valence-electron chi connectivity index (χ0n) is 11.8. The van der Waals surface area contributed by atoms with Gasteiger partial charge in [-0.15, -0.1) is 5.10 Å². The highest BCUT2D eigenvalue weighted by Gasteiger charge is 2.26. The van der Waals surface area contributed by atoms with Crippen molar-refractivity contribution in [1.29, 1.82) is 5.26 Å². The molecule has 0 amide bonds. The second kappa shape index (κ2) is 6.67. The molecule has 0 spiro atoms. The first kappa shape index (κ1) is 14.0. The summed E-state index contributed by atoms with van der Waals surface area (Å²) in [5.41, 5.74) is 2.04. The van der Waals surface area contributed by atoms with Crippen LogP contribution in [0.25, 0.3) is 0 Å². The van der Waals surface area contributed by atoms with E-state index in [4.69, 9.17) is 10.00 Å². The van der Waals surface area contributed by atoms with Crippen LogP contribution >= 0.6 is 0 Å². The molecule has 0 aliphatic carbocycles. The number of hydrogen-bond donors (Lipinski definition) is 0. The molecule has 0 radical (unpaired) electrons. The van der Waals surface area contributed by atoms with Crippen molar-refractivity contribution in [3.05, 3.63) is 11.4 Å². The molecule has 1 aromatic heterocycles. The van der Waals surface area contributed by atoms with Crippen LogP contribution in [0.2, 0.25) is 0 Å². The Morgan fingerprint density at radius 3 is 2.63 bits per heavy atom. The van der Waals surface area contributed by atoms with E-state index in [1.165, 1.54) is 5.69 Å². The van der Waals surface area contributed by atoms with Gasteiger partial charge in [0.05, 0.1) is 24.2 Å². The maximum absolute atomic E-state index is 8.95. The van der Waals surface area contributed by atoms with E-state index >= 15 is 0 Å². The van der Waals surface area contributed by atoms with Crippen LogP contribution in [0.4, 0.5) is 0 Å². The predicted molar refractivity (Wildman–Crippen MR) is 71.8 cm³/mol. The quantitative estimate of drug-likeness (QED) is 0.818. The van der Waals surface area contributed by atoms with Crippen molar-refractivity contribution in [1.82, 2.24) is 15.0 Å². The zero-order valence-corrected chi connectivity index (χ0v) is 11.8. The van der Waals surface area contributed by atoms with Crippen LogP contribution in [0.3, 0.4) is 0 Å². The highest BCUT2D eigenvalue weighted by molar-refractivity contribution is 5.20. The Labute approximate surface area is 114 Å². The minimum Gasteiger partial charge on any atom is -0.381 e. The van der Waals surface area contributed by atoms with E-state index in [0.717, 1.165) is 44.6 Å². The maximum Gasteiger partial charge on any atom is 0.100 e. The van der Waals surface area contributed by atoms with Crippen LogP contribution in [0.1, 0.15) is 62.9 Å². The maximum atomic E-state index is 8.95. The van der Waals surface area contributed by atoms with E-state index in [1.54, 1.807) is 0 Å². The van der Waals surface area contributed by atoms with Crippen molar-refractivity contribution in [3.8, 4) is 6.07 Å². The van der Waals surface area contributed by atoms with Crippen molar-refractivity contribution in [2.45, 2.75) is 57.9 Å². The monoisotopic (exact) mass is 262 g/mol. The molecule has 1 aliphatic heterocycles. The van der Waals surface area contributed by atoms with Gasteiger partial charge in [-0.05, 0) is 25.7 Å². The lowest BCUT2D eigenvalue weighted by molar-refractivity contribution is 0.0828. The SMILES string of the molecule is CCC(CC)n1nnc(CC#N)c1C1CCOCC1. The summed E-state index contributed by atoms with van der Waals surface area (Å²) >= 11 is 0. The first-order chi connectivity index (χ1) is 9.31. The predicted octanol–water partition coefficient (Wildman–Crippen LogP) is 2.60. The van der Waals surface area contributed by atoms with Gasteiger partial charge in [0.25, 0.3) is 0 Å². The number of hydrogen-bond acceptors (Lipinski definition) is 4. The Kier molecular flexibility index (Phi) is 4.92. The molecule has 0 saturated carbocycles. The van der Waals surface area contributed by atoms with E-state index in [-0.39, 0.29) is 0 Å². The van der Waals surface area contributed by atoms with Crippen LogP contribution in [0.5, 0.6) is 0 Å². The molecule has 0 aromatic carbocycles. The van der Waals surface area contributed by atoms with Crippen molar-refractivity contribution >= 4 is 0 Å². The number of aromatic nitrogens is 3. The van der Waals surface area contributed by atoms with E-state index in [1.807, 2.05) is 0 Å². The summed E-state index contributed by atoms with van der Waals surface area (Å²) in [5.74, 6) is 0.438. The number of nitriles is 1. The molecule has 1 aromatic rings. The molecule has 0 bridgehead atoms. The molecule has 5 heteroatoms. The lowest BCUT2D eigenvalue weighted by Crippen LogP contribution is -2.21. The molecule has 2 heterocycles. The lowest BCUT2D eigenvalue weighted by Gasteiger charge is -2.25. The third-order valence-corrected chi connectivity index (χ3v) is 3.95. The Morgan fingerprint density at radius 2 is 2.05 bits per heavy atom. The van der Waals surface area contributed by atoms with Crippen LogP contribution in [0, 0.1) is 11.3 Å². The molecular formula is C14H22N4O. The molecular weight excluding hydrogens is 240 g/mol. The van der Waals surface area contributed by atoms with Gasteiger partial charge in [0.15, 0.2) is 0 Å². The van der Waals surface area contributed by atoms with Gasteiger partial charge in [-0.1, -0.05) is 19.1 Å². The van der Waals surface area contributed by atoms with Crippen LogP contribution in [-0.4, -0.2) is 28.2 Å². The number of nitrogens with zero attached hydrogens (tertiary/aromatic N) is 4. The molecule has 1 saturated heterocycles. The van der Waals surface area contributed by atoms with Gasteiger partial charge in [-0.3, -0.25) is 0 Å². The fraction of sp³-hybridized carbons (Fsp3) is 0.786. The summed E-state index contributed by atoms with van der Waals surface area (Å²) in [6, 6.07) is 2.59. The fourth-order valence-corrected chi connectivity index (χ4v) is 2.83. The highest BCUT2D eigenvalue weighted by atomic mass is 16.5. The molecule has 1 fully saturated rings.